The maximum Gasteiger partial charge on any atom is 0.266 e. The summed E-state index contributed by atoms with van der Waals surface area (Å²) in [6.45, 7) is 3.97. The average Bonchev–Trinajstić information content (AvgIpc) is 3.13. The van der Waals surface area contributed by atoms with Crippen molar-refractivity contribution in [2.75, 3.05) is 25.5 Å². The Labute approximate surface area is 184 Å². The zero-order valence-corrected chi connectivity index (χ0v) is 18.5. The Hall–Kier alpha value is -2.90. The number of nitrogens with zero attached hydrogens (tertiary/aromatic N) is 2. The van der Waals surface area contributed by atoms with Crippen LogP contribution in [0.4, 0.5) is 5.69 Å². The Morgan fingerprint density at radius 2 is 1.97 bits per heavy atom. The van der Waals surface area contributed by atoms with Crippen LogP contribution in [0.25, 0.3) is 10.6 Å². The quantitative estimate of drug-likeness (QED) is 0.564. The summed E-state index contributed by atoms with van der Waals surface area (Å²) in [5, 5.41) is 4.13. The lowest BCUT2D eigenvalue weighted by molar-refractivity contribution is -0.116. The van der Waals surface area contributed by atoms with E-state index in [0.29, 0.717) is 33.6 Å². The van der Waals surface area contributed by atoms with Gasteiger partial charge in [-0.05, 0) is 38.1 Å². The van der Waals surface area contributed by atoms with Crippen LogP contribution < -0.4 is 10.1 Å². The summed E-state index contributed by atoms with van der Waals surface area (Å²) in [6, 6.07) is 14.4. The Morgan fingerprint density at radius 3 is 2.67 bits per heavy atom. The molecule has 1 aromatic heterocycles. The first-order valence-corrected chi connectivity index (χ1v) is 10.6. The van der Waals surface area contributed by atoms with Crippen molar-refractivity contribution < 1.29 is 14.3 Å². The molecule has 3 rings (SSSR count). The number of amides is 2. The predicted molar refractivity (Wildman–Crippen MR) is 120 cm³/mol. The lowest BCUT2D eigenvalue weighted by Gasteiger charge is -2.20. The number of methoxy groups -OCH3 is 1. The minimum atomic E-state index is -0.282. The van der Waals surface area contributed by atoms with Crippen LogP contribution in [-0.4, -0.2) is 41.9 Å². The van der Waals surface area contributed by atoms with Crippen LogP contribution in [0.1, 0.15) is 22.3 Å². The van der Waals surface area contributed by atoms with E-state index in [0.717, 1.165) is 10.6 Å². The van der Waals surface area contributed by atoms with Crippen LogP contribution in [0.3, 0.4) is 0 Å². The molecule has 1 heterocycles. The average molecular weight is 444 g/mol. The highest BCUT2D eigenvalue weighted by Crippen LogP contribution is 2.30. The Balaban J connectivity index is 1.73. The van der Waals surface area contributed by atoms with E-state index in [-0.39, 0.29) is 18.4 Å². The van der Waals surface area contributed by atoms with Gasteiger partial charge in [-0.15, -0.1) is 11.3 Å². The molecule has 156 valence electrons. The van der Waals surface area contributed by atoms with Crippen LogP contribution >= 0.6 is 22.9 Å². The second-order valence-corrected chi connectivity index (χ2v) is 7.98. The third kappa shape index (κ3) is 5.17. The number of aromatic nitrogens is 1. The van der Waals surface area contributed by atoms with Gasteiger partial charge in [0.05, 0.1) is 12.8 Å². The first kappa shape index (κ1) is 21.8. The van der Waals surface area contributed by atoms with E-state index in [2.05, 4.69) is 10.3 Å². The second kappa shape index (κ2) is 9.73. The summed E-state index contributed by atoms with van der Waals surface area (Å²) < 4.78 is 5.16. The van der Waals surface area contributed by atoms with Crippen LogP contribution in [0.5, 0.6) is 5.75 Å². The third-order valence-corrected chi connectivity index (χ3v) is 5.85. The van der Waals surface area contributed by atoms with Crippen LogP contribution in [0, 0.1) is 6.92 Å². The highest BCUT2D eigenvalue weighted by atomic mass is 35.5. The molecule has 3 aromatic rings. The number of likely N-dealkylation sites (N-methyl/N-ethyl adjacent to an activating group) is 1. The fraction of sp³-hybridized carbons (Fsp3) is 0.227. The smallest absolute Gasteiger partial charge is 0.266 e. The van der Waals surface area contributed by atoms with E-state index in [1.165, 1.54) is 16.2 Å². The van der Waals surface area contributed by atoms with Gasteiger partial charge < -0.3 is 15.0 Å². The fourth-order valence-corrected chi connectivity index (χ4v) is 4.11. The Kier molecular flexibility index (Phi) is 7.07. The molecule has 6 nitrogen and oxygen atoms in total. The van der Waals surface area contributed by atoms with Crippen molar-refractivity contribution in [2.45, 2.75) is 13.8 Å². The monoisotopic (exact) mass is 443 g/mol. The lowest BCUT2D eigenvalue weighted by atomic mass is 10.2. The molecule has 0 saturated heterocycles. The molecule has 0 unspecified atom stereocenters. The summed E-state index contributed by atoms with van der Waals surface area (Å²) in [5.74, 6) is 0.141. The minimum absolute atomic E-state index is 0.0591. The van der Waals surface area contributed by atoms with Gasteiger partial charge in [-0.2, -0.15) is 0 Å². The van der Waals surface area contributed by atoms with Crippen LogP contribution in [-0.2, 0) is 4.79 Å². The number of nitrogens with one attached hydrogen (secondary N) is 1. The molecule has 0 saturated carbocycles. The molecular weight excluding hydrogens is 422 g/mol. The molecule has 0 fully saturated rings. The Morgan fingerprint density at radius 1 is 1.20 bits per heavy atom. The van der Waals surface area contributed by atoms with E-state index < -0.39 is 0 Å². The van der Waals surface area contributed by atoms with Crippen molar-refractivity contribution in [3.63, 3.8) is 0 Å². The molecule has 0 aliphatic rings. The number of hydrogen-bond donors (Lipinski definition) is 1. The first-order chi connectivity index (χ1) is 14.4. The van der Waals surface area contributed by atoms with Crippen molar-refractivity contribution in [3.05, 3.63) is 64.1 Å². The van der Waals surface area contributed by atoms with Gasteiger partial charge in [-0.1, -0.05) is 29.8 Å². The van der Waals surface area contributed by atoms with Gasteiger partial charge >= 0.3 is 0 Å². The van der Waals surface area contributed by atoms with E-state index in [4.69, 9.17) is 16.3 Å². The number of anilines is 1. The van der Waals surface area contributed by atoms with E-state index in [1.807, 2.05) is 25.1 Å². The number of carbonyl (C=O) groups is 2. The number of benzene rings is 2. The number of carbonyl (C=O) groups excluding carboxylic acids is 2. The maximum absolute atomic E-state index is 13.1. The lowest BCUT2D eigenvalue weighted by Crippen LogP contribution is -2.37. The molecular formula is C22H22ClN3O3S. The molecule has 0 aliphatic heterocycles. The maximum atomic E-state index is 13.1. The normalized spacial score (nSPS) is 10.5. The van der Waals surface area contributed by atoms with Gasteiger partial charge in [-0.3, -0.25) is 9.59 Å². The molecule has 2 amide bonds. The number of rotatable bonds is 7. The molecule has 0 radical (unpaired) electrons. The first-order valence-electron chi connectivity index (χ1n) is 9.37. The largest absolute Gasteiger partial charge is 0.497 e. The molecule has 30 heavy (non-hydrogen) atoms. The topological polar surface area (TPSA) is 71.5 Å². The fourth-order valence-electron chi connectivity index (χ4n) is 2.89. The standard InChI is InChI=1S/C22H22ClN3O3S/c1-4-26(13-19(27)25-17-9-6-10-18(12-17)29-3)22(28)20-14(2)24-21(30-20)15-7-5-8-16(23)11-15/h5-12H,4,13H2,1-3H3,(H,25,27). The molecule has 0 aliphatic carbocycles. The zero-order valence-electron chi connectivity index (χ0n) is 16.9. The van der Waals surface area contributed by atoms with Gasteiger partial charge in [0.1, 0.15) is 22.2 Å². The van der Waals surface area contributed by atoms with Gasteiger partial charge in [0.25, 0.3) is 5.91 Å². The van der Waals surface area contributed by atoms with Crippen LogP contribution in [0.15, 0.2) is 48.5 Å². The SMILES string of the molecule is CCN(CC(=O)Nc1cccc(OC)c1)C(=O)c1sc(-c2cccc(Cl)c2)nc1C. The summed E-state index contributed by atoms with van der Waals surface area (Å²) in [4.78, 5) is 32.1. The van der Waals surface area contributed by atoms with Gasteiger partial charge in [0.15, 0.2) is 0 Å². The van der Waals surface area contributed by atoms with Crippen molar-refractivity contribution >= 4 is 40.4 Å². The highest BCUT2D eigenvalue weighted by Gasteiger charge is 2.23. The summed E-state index contributed by atoms with van der Waals surface area (Å²) >= 11 is 7.37. The van der Waals surface area contributed by atoms with Gasteiger partial charge in [0.2, 0.25) is 5.91 Å². The Bertz CT molecular complexity index is 1070. The van der Waals surface area contributed by atoms with Crippen LogP contribution in [0.2, 0.25) is 5.02 Å². The highest BCUT2D eigenvalue weighted by molar-refractivity contribution is 7.17. The predicted octanol–water partition coefficient (Wildman–Crippen LogP) is 4.88. The van der Waals surface area contributed by atoms with Gasteiger partial charge in [-0.25, -0.2) is 4.98 Å². The minimum Gasteiger partial charge on any atom is -0.497 e. The van der Waals surface area contributed by atoms with Crippen molar-refractivity contribution in [3.8, 4) is 16.3 Å². The number of halogens is 1. The molecule has 2 aromatic carbocycles. The molecule has 0 spiro atoms. The van der Waals surface area contributed by atoms with E-state index in [9.17, 15) is 9.59 Å². The number of hydrogen-bond acceptors (Lipinski definition) is 5. The zero-order chi connectivity index (χ0) is 21.7. The van der Waals surface area contributed by atoms with Crippen molar-refractivity contribution in [1.29, 1.82) is 0 Å². The van der Waals surface area contributed by atoms with Crippen molar-refractivity contribution in [1.82, 2.24) is 9.88 Å². The third-order valence-electron chi connectivity index (χ3n) is 4.42. The molecule has 1 N–H and O–H groups in total. The second-order valence-electron chi connectivity index (χ2n) is 6.54. The summed E-state index contributed by atoms with van der Waals surface area (Å²) in [6.07, 6.45) is 0. The molecule has 0 bridgehead atoms. The summed E-state index contributed by atoms with van der Waals surface area (Å²) in [5.41, 5.74) is 2.10. The van der Waals surface area contributed by atoms with E-state index >= 15 is 0 Å². The van der Waals surface area contributed by atoms with E-state index in [1.54, 1.807) is 44.4 Å². The summed E-state index contributed by atoms with van der Waals surface area (Å²) in [7, 11) is 1.56. The molecule has 8 heteroatoms. The number of aryl methyl sites for hydroxylation is 1. The van der Waals surface area contributed by atoms with Crippen molar-refractivity contribution in [2.24, 2.45) is 0 Å². The number of ether oxygens (including phenoxy) is 1. The van der Waals surface area contributed by atoms with Gasteiger partial charge in [0, 0.05) is 28.9 Å². The molecule has 0 atom stereocenters. The number of thiazole rings is 1.